The summed E-state index contributed by atoms with van der Waals surface area (Å²) in [4.78, 5) is 26.0. The maximum atomic E-state index is 12.3. The van der Waals surface area contributed by atoms with E-state index >= 15 is 0 Å². The van der Waals surface area contributed by atoms with Crippen LogP contribution in [0.3, 0.4) is 0 Å². The SMILES string of the molecule is COC[C@@H](C)N1C[C@H](C(=O)Nc2ccccc2C#N)CC1=O. The lowest BCUT2D eigenvalue weighted by molar-refractivity contribution is -0.130. The maximum absolute atomic E-state index is 12.3. The van der Waals surface area contributed by atoms with Gasteiger partial charge in [-0.3, -0.25) is 9.59 Å². The van der Waals surface area contributed by atoms with Crippen molar-refractivity contribution in [2.75, 3.05) is 25.6 Å². The van der Waals surface area contributed by atoms with E-state index in [1.165, 1.54) is 0 Å². The molecule has 1 aromatic rings. The molecule has 1 heterocycles. The first-order valence-electron chi connectivity index (χ1n) is 7.15. The number of amides is 2. The Hall–Kier alpha value is -2.39. The van der Waals surface area contributed by atoms with Gasteiger partial charge in [-0.1, -0.05) is 12.1 Å². The summed E-state index contributed by atoms with van der Waals surface area (Å²) in [5.41, 5.74) is 0.885. The molecule has 2 atom stereocenters. The van der Waals surface area contributed by atoms with Crippen molar-refractivity contribution < 1.29 is 14.3 Å². The molecule has 1 aliphatic heterocycles. The Morgan fingerprint density at radius 3 is 2.95 bits per heavy atom. The minimum absolute atomic E-state index is 0.0433. The van der Waals surface area contributed by atoms with Crippen LogP contribution in [-0.4, -0.2) is 43.0 Å². The van der Waals surface area contributed by atoms with E-state index in [1.807, 2.05) is 13.0 Å². The molecule has 1 saturated heterocycles. The molecule has 0 saturated carbocycles. The van der Waals surface area contributed by atoms with Crippen LogP contribution in [0.25, 0.3) is 0 Å². The molecule has 0 aliphatic carbocycles. The van der Waals surface area contributed by atoms with E-state index in [2.05, 4.69) is 5.32 Å². The molecule has 0 bridgehead atoms. The minimum Gasteiger partial charge on any atom is -0.383 e. The fourth-order valence-electron chi connectivity index (χ4n) is 2.59. The fourth-order valence-corrected chi connectivity index (χ4v) is 2.59. The molecular weight excluding hydrogens is 282 g/mol. The highest BCUT2D eigenvalue weighted by Crippen LogP contribution is 2.23. The standard InChI is InChI=1S/C16H19N3O3/c1-11(10-22-2)19-9-13(7-15(19)20)16(21)18-14-6-4-3-5-12(14)8-17/h3-6,11,13H,7,9-10H2,1-2H3,(H,18,21)/t11-,13-/m1/s1. The average Bonchev–Trinajstić information content (AvgIpc) is 2.90. The zero-order valence-corrected chi connectivity index (χ0v) is 12.7. The van der Waals surface area contributed by atoms with Gasteiger partial charge in [0.15, 0.2) is 0 Å². The van der Waals surface area contributed by atoms with Crippen molar-refractivity contribution in [2.45, 2.75) is 19.4 Å². The molecule has 1 aliphatic rings. The Kier molecular flexibility index (Phi) is 5.12. The molecule has 6 nitrogen and oxygen atoms in total. The largest absolute Gasteiger partial charge is 0.383 e. The number of ether oxygens (including phenoxy) is 1. The summed E-state index contributed by atoms with van der Waals surface area (Å²) in [7, 11) is 1.58. The number of hydrogen-bond donors (Lipinski definition) is 1. The molecule has 2 amide bonds. The van der Waals surface area contributed by atoms with Crippen molar-refractivity contribution in [1.82, 2.24) is 4.90 Å². The fraction of sp³-hybridized carbons (Fsp3) is 0.438. The summed E-state index contributed by atoms with van der Waals surface area (Å²) in [6.07, 6.45) is 0.189. The Balaban J connectivity index is 2.03. The number of benzene rings is 1. The molecule has 22 heavy (non-hydrogen) atoms. The Bertz CT molecular complexity index is 609. The smallest absolute Gasteiger partial charge is 0.229 e. The van der Waals surface area contributed by atoms with Crippen molar-refractivity contribution in [3.8, 4) is 6.07 Å². The van der Waals surface area contributed by atoms with Gasteiger partial charge in [0.25, 0.3) is 0 Å². The third-order valence-electron chi connectivity index (χ3n) is 3.77. The summed E-state index contributed by atoms with van der Waals surface area (Å²) in [6.45, 7) is 2.72. The number of rotatable bonds is 5. The number of nitrogens with one attached hydrogen (secondary N) is 1. The maximum Gasteiger partial charge on any atom is 0.229 e. The van der Waals surface area contributed by atoms with Crippen molar-refractivity contribution in [1.29, 1.82) is 5.26 Å². The molecule has 1 aromatic carbocycles. The number of anilines is 1. The highest BCUT2D eigenvalue weighted by Gasteiger charge is 2.36. The summed E-state index contributed by atoms with van der Waals surface area (Å²) in [6, 6.07) is 8.79. The predicted molar refractivity (Wildman–Crippen MR) is 80.9 cm³/mol. The van der Waals surface area contributed by atoms with Crippen molar-refractivity contribution in [2.24, 2.45) is 5.92 Å². The molecule has 1 N–H and O–H groups in total. The van der Waals surface area contributed by atoms with Gasteiger partial charge in [0.1, 0.15) is 6.07 Å². The van der Waals surface area contributed by atoms with E-state index in [9.17, 15) is 9.59 Å². The number of carbonyl (C=O) groups excluding carboxylic acids is 2. The summed E-state index contributed by atoms with van der Waals surface area (Å²) in [5.74, 6) is -0.681. The lowest BCUT2D eigenvalue weighted by atomic mass is 10.1. The molecule has 6 heteroatoms. The second-order valence-electron chi connectivity index (χ2n) is 5.40. The monoisotopic (exact) mass is 301 g/mol. The van der Waals surface area contributed by atoms with Crippen LogP contribution in [0, 0.1) is 17.2 Å². The first-order valence-corrected chi connectivity index (χ1v) is 7.15. The summed E-state index contributed by atoms with van der Waals surface area (Å²) < 4.78 is 5.06. The lowest BCUT2D eigenvalue weighted by Crippen LogP contribution is -2.38. The number of para-hydroxylation sites is 1. The second kappa shape index (κ2) is 7.05. The van der Waals surface area contributed by atoms with Crippen LogP contribution in [0.2, 0.25) is 0 Å². The zero-order valence-electron chi connectivity index (χ0n) is 12.7. The molecule has 2 rings (SSSR count). The van der Waals surface area contributed by atoms with E-state index < -0.39 is 5.92 Å². The minimum atomic E-state index is -0.404. The Labute approximate surface area is 129 Å². The predicted octanol–water partition coefficient (Wildman–Crippen LogP) is 1.38. The van der Waals surface area contributed by atoms with Crippen LogP contribution in [0.1, 0.15) is 18.9 Å². The van der Waals surface area contributed by atoms with Crippen LogP contribution in [0.5, 0.6) is 0 Å². The highest BCUT2D eigenvalue weighted by atomic mass is 16.5. The summed E-state index contributed by atoms with van der Waals surface area (Å²) in [5, 5.41) is 11.8. The molecular formula is C16H19N3O3. The molecule has 0 unspecified atom stereocenters. The second-order valence-corrected chi connectivity index (χ2v) is 5.40. The molecule has 0 aromatic heterocycles. The first kappa shape index (κ1) is 16.0. The average molecular weight is 301 g/mol. The van der Waals surface area contributed by atoms with Crippen molar-refractivity contribution >= 4 is 17.5 Å². The van der Waals surface area contributed by atoms with Crippen molar-refractivity contribution in [3.63, 3.8) is 0 Å². The highest BCUT2D eigenvalue weighted by molar-refractivity contribution is 5.98. The van der Waals surface area contributed by atoms with Gasteiger partial charge < -0.3 is 15.0 Å². The topological polar surface area (TPSA) is 82.4 Å². The van der Waals surface area contributed by atoms with Gasteiger partial charge >= 0.3 is 0 Å². The molecule has 0 radical (unpaired) electrons. The van der Waals surface area contributed by atoms with Gasteiger partial charge in [-0.2, -0.15) is 5.26 Å². The van der Waals surface area contributed by atoms with E-state index in [4.69, 9.17) is 10.00 Å². The van der Waals surface area contributed by atoms with Gasteiger partial charge in [-0.05, 0) is 19.1 Å². The number of methoxy groups -OCH3 is 1. The van der Waals surface area contributed by atoms with Gasteiger partial charge in [0.2, 0.25) is 11.8 Å². The number of nitrogens with zero attached hydrogens (tertiary/aromatic N) is 2. The molecule has 0 spiro atoms. The number of carbonyl (C=O) groups is 2. The van der Waals surface area contributed by atoms with E-state index in [1.54, 1.807) is 36.3 Å². The quantitative estimate of drug-likeness (QED) is 0.890. The Morgan fingerprint density at radius 2 is 2.27 bits per heavy atom. The van der Waals surface area contributed by atoms with Gasteiger partial charge in [0.05, 0.1) is 29.8 Å². The first-order chi connectivity index (χ1) is 10.6. The van der Waals surface area contributed by atoms with E-state index in [-0.39, 0.29) is 24.3 Å². The van der Waals surface area contributed by atoms with Gasteiger partial charge in [-0.15, -0.1) is 0 Å². The third-order valence-corrected chi connectivity index (χ3v) is 3.77. The number of likely N-dealkylation sites (tertiary alicyclic amines) is 1. The van der Waals surface area contributed by atoms with E-state index in [0.717, 1.165) is 0 Å². The van der Waals surface area contributed by atoms with Crippen LogP contribution in [0.15, 0.2) is 24.3 Å². The van der Waals surface area contributed by atoms with Crippen LogP contribution >= 0.6 is 0 Å². The number of nitriles is 1. The Morgan fingerprint density at radius 1 is 1.55 bits per heavy atom. The van der Waals surface area contributed by atoms with Crippen LogP contribution in [-0.2, 0) is 14.3 Å². The van der Waals surface area contributed by atoms with Gasteiger partial charge in [-0.25, -0.2) is 0 Å². The normalized spacial score (nSPS) is 18.9. The van der Waals surface area contributed by atoms with Crippen LogP contribution in [0.4, 0.5) is 5.69 Å². The van der Waals surface area contributed by atoms with Crippen LogP contribution < -0.4 is 5.32 Å². The molecule has 1 fully saturated rings. The summed E-state index contributed by atoms with van der Waals surface area (Å²) >= 11 is 0. The van der Waals surface area contributed by atoms with Crippen molar-refractivity contribution in [3.05, 3.63) is 29.8 Å². The van der Waals surface area contributed by atoms with Gasteiger partial charge in [0, 0.05) is 20.1 Å². The number of hydrogen-bond acceptors (Lipinski definition) is 4. The third kappa shape index (κ3) is 3.43. The zero-order chi connectivity index (χ0) is 16.1. The lowest BCUT2D eigenvalue weighted by Gasteiger charge is -2.23. The van der Waals surface area contributed by atoms with E-state index in [0.29, 0.717) is 24.4 Å². The molecule has 116 valence electrons.